The van der Waals surface area contributed by atoms with Gasteiger partial charge in [0.2, 0.25) is 0 Å². The number of rotatable bonds is 8. The monoisotopic (exact) mass is 369 g/mol. The van der Waals surface area contributed by atoms with Crippen LogP contribution < -0.4 is 9.47 Å². The van der Waals surface area contributed by atoms with E-state index < -0.39 is 0 Å². The van der Waals surface area contributed by atoms with E-state index >= 15 is 0 Å². The maximum Gasteiger partial charge on any atom is 0.289 e. The normalized spacial score (nSPS) is 10.6. The highest BCUT2D eigenvalue weighted by atomic mass is 16.5. The zero-order valence-electron chi connectivity index (χ0n) is 15.7. The van der Waals surface area contributed by atoms with Gasteiger partial charge in [0.1, 0.15) is 23.9 Å². The van der Waals surface area contributed by atoms with Gasteiger partial charge in [-0.05, 0) is 49.4 Å². The molecule has 0 atom stereocenters. The Morgan fingerprint density at radius 3 is 2.44 bits per heavy atom. The summed E-state index contributed by atoms with van der Waals surface area (Å²) < 4.78 is 18.4. The number of furan rings is 1. The van der Waals surface area contributed by atoms with Gasteiger partial charge in [0.15, 0.2) is 5.76 Å². The lowest BCUT2D eigenvalue weighted by Crippen LogP contribution is -2.26. The molecule has 0 saturated carbocycles. The lowest BCUT2D eigenvalue weighted by Gasteiger charge is -2.14. The van der Waals surface area contributed by atoms with Crippen LogP contribution in [0.5, 0.6) is 11.5 Å². The smallest absolute Gasteiger partial charge is 0.289 e. The Kier molecular flexibility index (Phi) is 5.80. The molecule has 27 heavy (non-hydrogen) atoms. The van der Waals surface area contributed by atoms with Crippen molar-refractivity contribution in [1.29, 1.82) is 0 Å². The standard InChI is InChI=1S/C20H23N3O4/c1-4-25-16-5-7-17(8-6-16)26-14-18-9-10-19(27-18)20(24)22(2)13-15-11-12-23(3)21-15/h5-12H,4,13-14H2,1-3H3. The molecule has 3 aromatic rings. The Bertz CT molecular complexity index is 883. The molecular weight excluding hydrogens is 346 g/mol. The van der Waals surface area contributed by atoms with Gasteiger partial charge in [-0.3, -0.25) is 9.48 Å². The Hall–Kier alpha value is -3.22. The number of aryl methyl sites for hydroxylation is 1. The van der Waals surface area contributed by atoms with Crippen molar-refractivity contribution in [3.8, 4) is 11.5 Å². The van der Waals surface area contributed by atoms with Crippen molar-refractivity contribution in [2.45, 2.75) is 20.1 Å². The van der Waals surface area contributed by atoms with Crippen LogP contribution in [0.1, 0.15) is 28.9 Å². The Morgan fingerprint density at radius 2 is 1.81 bits per heavy atom. The second-order valence-electron chi connectivity index (χ2n) is 6.10. The molecule has 142 valence electrons. The van der Waals surface area contributed by atoms with E-state index in [2.05, 4.69) is 5.10 Å². The van der Waals surface area contributed by atoms with Crippen LogP contribution in [0.2, 0.25) is 0 Å². The van der Waals surface area contributed by atoms with E-state index in [1.54, 1.807) is 28.8 Å². The van der Waals surface area contributed by atoms with Gasteiger partial charge < -0.3 is 18.8 Å². The molecule has 0 saturated heterocycles. The van der Waals surface area contributed by atoms with Crippen molar-refractivity contribution in [2.24, 2.45) is 7.05 Å². The van der Waals surface area contributed by atoms with Gasteiger partial charge in [-0.15, -0.1) is 0 Å². The fraction of sp³-hybridized carbons (Fsp3) is 0.300. The van der Waals surface area contributed by atoms with Gasteiger partial charge >= 0.3 is 0 Å². The van der Waals surface area contributed by atoms with Crippen molar-refractivity contribution in [3.63, 3.8) is 0 Å². The van der Waals surface area contributed by atoms with E-state index in [0.29, 0.717) is 24.7 Å². The number of nitrogens with zero attached hydrogens (tertiary/aromatic N) is 3. The third-order valence-electron chi connectivity index (χ3n) is 3.90. The molecule has 0 spiro atoms. The molecule has 7 heteroatoms. The highest BCUT2D eigenvalue weighted by Crippen LogP contribution is 2.19. The molecule has 0 bridgehead atoms. The molecule has 0 fully saturated rings. The topological polar surface area (TPSA) is 69.7 Å². The van der Waals surface area contributed by atoms with E-state index in [-0.39, 0.29) is 18.3 Å². The molecule has 0 unspecified atom stereocenters. The van der Waals surface area contributed by atoms with Gasteiger partial charge in [-0.25, -0.2) is 0 Å². The van der Waals surface area contributed by atoms with Crippen LogP contribution in [0.4, 0.5) is 0 Å². The summed E-state index contributed by atoms with van der Waals surface area (Å²) in [5, 5.41) is 4.28. The molecule has 2 aromatic heterocycles. The van der Waals surface area contributed by atoms with Gasteiger partial charge in [0, 0.05) is 20.3 Å². The fourth-order valence-corrected chi connectivity index (χ4v) is 2.57. The third kappa shape index (κ3) is 4.91. The summed E-state index contributed by atoms with van der Waals surface area (Å²) in [5.41, 5.74) is 0.818. The van der Waals surface area contributed by atoms with Gasteiger partial charge in [-0.2, -0.15) is 5.10 Å². The maximum atomic E-state index is 12.5. The number of carbonyl (C=O) groups is 1. The average molecular weight is 369 g/mol. The number of carbonyl (C=O) groups excluding carboxylic acids is 1. The Morgan fingerprint density at radius 1 is 1.11 bits per heavy atom. The van der Waals surface area contributed by atoms with Gasteiger partial charge in [-0.1, -0.05) is 0 Å². The molecule has 0 aliphatic carbocycles. The van der Waals surface area contributed by atoms with Crippen LogP contribution in [-0.4, -0.2) is 34.2 Å². The van der Waals surface area contributed by atoms with E-state index in [0.717, 1.165) is 11.4 Å². The van der Waals surface area contributed by atoms with E-state index in [1.807, 2.05) is 50.5 Å². The molecule has 3 rings (SSSR count). The minimum Gasteiger partial charge on any atom is -0.494 e. The summed E-state index contributed by atoms with van der Waals surface area (Å²) in [6.45, 7) is 3.22. The molecule has 0 radical (unpaired) electrons. The van der Waals surface area contributed by atoms with Crippen molar-refractivity contribution in [2.75, 3.05) is 13.7 Å². The minimum atomic E-state index is -0.201. The maximum absolute atomic E-state index is 12.5. The third-order valence-corrected chi connectivity index (χ3v) is 3.90. The Labute approximate surface area is 158 Å². The number of ether oxygens (including phenoxy) is 2. The van der Waals surface area contributed by atoms with Crippen LogP contribution in [0, 0.1) is 0 Å². The highest BCUT2D eigenvalue weighted by Gasteiger charge is 2.17. The van der Waals surface area contributed by atoms with Crippen molar-refractivity contribution < 1.29 is 18.7 Å². The molecule has 2 heterocycles. The molecule has 1 aromatic carbocycles. The summed E-state index contributed by atoms with van der Waals surface area (Å²) in [6.07, 6.45) is 1.84. The van der Waals surface area contributed by atoms with Crippen LogP contribution in [0.25, 0.3) is 0 Å². The number of hydrogen-bond donors (Lipinski definition) is 0. The van der Waals surface area contributed by atoms with Gasteiger partial charge in [0.25, 0.3) is 5.91 Å². The molecule has 0 aliphatic heterocycles. The van der Waals surface area contributed by atoms with Crippen molar-refractivity contribution >= 4 is 5.91 Å². The van der Waals surface area contributed by atoms with Crippen LogP contribution in [0.3, 0.4) is 0 Å². The first-order chi connectivity index (χ1) is 13.0. The van der Waals surface area contributed by atoms with E-state index in [4.69, 9.17) is 13.9 Å². The molecule has 0 aliphatic rings. The predicted octanol–water partition coefficient (Wildman–Crippen LogP) is 3.26. The molecule has 1 amide bonds. The first-order valence-electron chi connectivity index (χ1n) is 8.73. The van der Waals surface area contributed by atoms with Crippen molar-refractivity contribution in [3.05, 3.63) is 65.9 Å². The second kappa shape index (κ2) is 8.44. The number of benzene rings is 1. The zero-order valence-corrected chi connectivity index (χ0v) is 15.7. The second-order valence-corrected chi connectivity index (χ2v) is 6.10. The number of aromatic nitrogens is 2. The quantitative estimate of drug-likeness (QED) is 0.610. The zero-order chi connectivity index (χ0) is 19.2. The van der Waals surface area contributed by atoms with E-state index in [9.17, 15) is 4.79 Å². The lowest BCUT2D eigenvalue weighted by molar-refractivity contribution is 0.0747. The van der Waals surface area contributed by atoms with Crippen molar-refractivity contribution in [1.82, 2.24) is 14.7 Å². The number of amides is 1. The number of hydrogen-bond acceptors (Lipinski definition) is 5. The minimum absolute atomic E-state index is 0.201. The van der Waals surface area contributed by atoms with Crippen LogP contribution >= 0.6 is 0 Å². The van der Waals surface area contributed by atoms with Crippen LogP contribution in [0.15, 0.2) is 53.1 Å². The summed E-state index contributed by atoms with van der Waals surface area (Å²) in [5.74, 6) is 2.16. The first-order valence-corrected chi connectivity index (χ1v) is 8.73. The highest BCUT2D eigenvalue weighted by molar-refractivity contribution is 5.91. The SMILES string of the molecule is CCOc1ccc(OCc2ccc(C(=O)N(C)Cc3ccn(C)n3)o2)cc1. The summed E-state index contributed by atoms with van der Waals surface area (Å²) in [6, 6.07) is 12.7. The largest absolute Gasteiger partial charge is 0.494 e. The summed E-state index contributed by atoms with van der Waals surface area (Å²) in [4.78, 5) is 14.1. The average Bonchev–Trinajstić information content (AvgIpc) is 3.30. The van der Waals surface area contributed by atoms with Crippen LogP contribution in [-0.2, 0) is 20.2 Å². The summed E-state index contributed by atoms with van der Waals surface area (Å²) in [7, 11) is 3.56. The summed E-state index contributed by atoms with van der Waals surface area (Å²) >= 11 is 0. The fourth-order valence-electron chi connectivity index (χ4n) is 2.57. The molecule has 7 nitrogen and oxygen atoms in total. The molecule has 0 N–H and O–H groups in total. The van der Waals surface area contributed by atoms with E-state index in [1.165, 1.54) is 0 Å². The first kappa shape index (κ1) is 18.6. The Balaban J connectivity index is 1.54. The van der Waals surface area contributed by atoms with Gasteiger partial charge in [0.05, 0.1) is 18.8 Å². The lowest BCUT2D eigenvalue weighted by atomic mass is 10.3. The molecular formula is C20H23N3O4. The predicted molar refractivity (Wildman–Crippen MR) is 99.7 cm³/mol.